The first-order valence-electron chi connectivity index (χ1n) is 9.46. The Labute approximate surface area is 167 Å². The van der Waals surface area contributed by atoms with Crippen molar-refractivity contribution in [2.24, 2.45) is 0 Å². The maximum atomic E-state index is 3.62. The van der Waals surface area contributed by atoms with E-state index in [2.05, 4.69) is 104 Å². The van der Waals surface area contributed by atoms with E-state index >= 15 is 0 Å². The molecule has 2 aromatic carbocycles. The number of nitrogens with one attached hydrogen (secondary N) is 1. The molecule has 0 atom stereocenters. The summed E-state index contributed by atoms with van der Waals surface area (Å²) in [7, 11) is 6.38. The average molecular weight is 380 g/mol. The Morgan fingerprint density at radius 3 is 2.59 bits per heavy atom. The van der Waals surface area contributed by atoms with Crippen LogP contribution in [0.2, 0.25) is 0 Å². The molecule has 1 aliphatic heterocycles. The second-order valence-corrected chi connectivity index (χ2v) is 8.05. The van der Waals surface area contributed by atoms with Crippen LogP contribution in [0.5, 0.6) is 0 Å². The average Bonchev–Trinajstić information content (AvgIpc) is 2.99. The molecular formula is C23H29N3S. The summed E-state index contributed by atoms with van der Waals surface area (Å²) in [4.78, 5) is 5.81. The van der Waals surface area contributed by atoms with Gasteiger partial charge >= 0.3 is 0 Å². The molecule has 0 bridgehead atoms. The van der Waals surface area contributed by atoms with E-state index in [1.165, 1.54) is 32.4 Å². The summed E-state index contributed by atoms with van der Waals surface area (Å²) in [6.07, 6.45) is 5.62. The number of fused-ring (bicyclic) bond motifs is 1. The van der Waals surface area contributed by atoms with Crippen molar-refractivity contribution in [3.05, 3.63) is 71.3 Å². The quantitative estimate of drug-likeness (QED) is 0.637. The van der Waals surface area contributed by atoms with Crippen LogP contribution in [0.3, 0.4) is 0 Å². The molecule has 0 saturated carbocycles. The molecule has 4 heteroatoms. The smallest absolute Gasteiger partial charge is 0.0805 e. The maximum absolute atomic E-state index is 3.62. The molecule has 1 N–H and O–H groups in total. The number of hydrogen-bond acceptors (Lipinski definition) is 4. The van der Waals surface area contributed by atoms with E-state index in [9.17, 15) is 0 Å². The molecule has 0 spiro atoms. The van der Waals surface area contributed by atoms with Gasteiger partial charge in [-0.25, -0.2) is 0 Å². The second kappa shape index (κ2) is 9.16. The van der Waals surface area contributed by atoms with E-state index in [0.29, 0.717) is 0 Å². The van der Waals surface area contributed by atoms with Crippen LogP contribution >= 0.6 is 11.8 Å². The van der Waals surface area contributed by atoms with Crippen molar-refractivity contribution >= 4 is 28.7 Å². The van der Waals surface area contributed by atoms with Gasteiger partial charge in [-0.1, -0.05) is 48.2 Å². The first-order valence-corrected chi connectivity index (χ1v) is 10.3. The van der Waals surface area contributed by atoms with Gasteiger partial charge in [0.15, 0.2) is 0 Å². The van der Waals surface area contributed by atoms with Crippen molar-refractivity contribution < 1.29 is 0 Å². The monoisotopic (exact) mass is 379 g/mol. The number of hydrogen-bond donors (Lipinski definition) is 1. The predicted molar refractivity (Wildman–Crippen MR) is 121 cm³/mol. The Morgan fingerprint density at radius 2 is 1.85 bits per heavy atom. The van der Waals surface area contributed by atoms with Gasteiger partial charge in [0.2, 0.25) is 0 Å². The van der Waals surface area contributed by atoms with Gasteiger partial charge in [0, 0.05) is 29.7 Å². The Bertz CT molecular complexity index is 839. The molecule has 142 valence electrons. The van der Waals surface area contributed by atoms with Crippen LogP contribution in [0, 0.1) is 0 Å². The molecule has 2 aromatic rings. The Hall–Kier alpha value is -2.17. The van der Waals surface area contributed by atoms with Gasteiger partial charge < -0.3 is 15.1 Å². The molecule has 0 aromatic heterocycles. The molecule has 3 nitrogen and oxygen atoms in total. The van der Waals surface area contributed by atoms with Gasteiger partial charge in [0.25, 0.3) is 0 Å². The first kappa shape index (κ1) is 19.6. The fourth-order valence-electron chi connectivity index (χ4n) is 3.20. The van der Waals surface area contributed by atoms with Crippen molar-refractivity contribution in [3.63, 3.8) is 0 Å². The SMILES string of the molecule is C/C=C(/C=C1\Sc2ccccc2N1C)c1ccccc1NCCCN(C)C. The summed E-state index contributed by atoms with van der Waals surface area (Å²) in [5.41, 5.74) is 4.97. The van der Waals surface area contributed by atoms with Gasteiger partial charge in [0.05, 0.1) is 10.7 Å². The molecule has 0 fully saturated rings. The minimum atomic E-state index is 0.975. The summed E-state index contributed by atoms with van der Waals surface area (Å²) in [5, 5.41) is 4.88. The Morgan fingerprint density at radius 1 is 1.11 bits per heavy atom. The standard InChI is InChI=1S/C23H29N3S/c1-5-18(17-23-26(4)21-13-8-9-14-22(21)27-23)19-11-6-7-12-20(19)24-15-10-16-25(2)3/h5-9,11-14,17,24H,10,15-16H2,1-4H3/b18-5-,23-17-. The summed E-state index contributed by atoms with van der Waals surface area (Å²) in [6, 6.07) is 17.2. The van der Waals surface area contributed by atoms with Gasteiger partial charge in [-0.15, -0.1) is 0 Å². The zero-order valence-corrected chi connectivity index (χ0v) is 17.5. The third kappa shape index (κ3) is 4.76. The number of thioether (sulfide) groups is 1. The number of benzene rings is 2. The molecule has 0 aliphatic carbocycles. The minimum absolute atomic E-state index is 0.975. The van der Waals surface area contributed by atoms with Crippen LogP contribution in [0.1, 0.15) is 18.9 Å². The Kier molecular flexibility index (Phi) is 6.64. The molecule has 1 aliphatic rings. The highest BCUT2D eigenvalue weighted by Crippen LogP contribution is 2.45. The third-order valence-electron chi connectivity index (χ3n) is 4.70. The van der Waals surface area contributed by atoms with Crippen LogP contribution in [0.15, 0.2) is 70.6 Å². The molecule has 27 heavy (non-hydrogen) atoms. The predicted octanol–water partition coefficient (Wildman–Crippen LogP) is 5.54. The second-order valence-electron chi connectivity index (χ2n) is 6.98. The van der Waals surface area contributed by atoms with E-state index in [1.807, 2.05) is 11.8 Å². The zero-order chi connectivity index (χ0) is 19.2. The lowest BCUT2D eigenvalue weighted by molar-refractivity contribution is 0.405. The maximum Gasteiger partial charge on any atom is 0.0805 e. The van der Waals surface area contributed by atoms with Gasteiger partial charge in [0.1, 0.15) is 0 Å². The highest BCUT2D eigenvalue weighted by molar-refractivity contribution is 8.03. The largest absolute Gasteiger partial charge is 0.384 e. The van der Waals surface area contributed by atoms with Gasteiger partial charge in [-0.05, 0) is 63.8 Å². The summed E-state index contributed by atoms with van der Waals surface area (Å²) in [5.74, 6) is 0. The fourth-order valence-corrected chi connectivity index (χ4v) is 4.31. The number of anilines is 2. The minimum Gasteiger partial charge on any atom is -0.384 e. The Balaban J connectivity index is 1.79. The summed E-state index contributed by atoms with van der Waals surface area (Å²) >= 11 is 1.83. The highest BCUT2D eigenvalue weighted by Gasteiger charge is 2.21. The summed E-state index contributed by atoms with van der Waals surface area (Å²) < 4.78 is 0. The van der Waals surface area contributed by atoms with E-state index in [-0.39, 0.29) is 0 Å². The van der Waals surface area contributed by atoms with E-state index in [4.69, 9.17) is 0 Å². The van der Waals surface area contributed by atoms with Crippen LogP contribution in [-0.2, 0) is 0 Å². The molecular weight excluding hydrogens is 350 g/mol. The van der Waals surface area contributed by atoms with Gasteiger partial charge in [-0.3, -0.25) is 0 Å². The highest BCUT2D eigenvalue weighted by atomic mass is 32.2. The lowest BCUT2D eigenvalue weighted by Crippen LogP contribution is -2.16. The number of nitrogens with zero attached hydrogens (tertiary/aromatic N) is 2. The summed E-state index contributed by atoms with van der Waals surface area (Å²) in [6.45, 7) is 4.18. The van der Waals surface area contributed by atoms with E-state index in [1.54, 1.807) is 0 Å². The lowest BCUT2D eigenvalue weighted by atomic mass is 10.0. The molecule has 0 unspecified atom stereocenters. The molecule has 0 radical (unpaired) electrons. The molecule has 0 amide bonds. The van der Waals surface area contributed by atoms with Crippen molar-refractivity contribution in [2.45, 2.75) is 18.2 Å². The van der Waals surface area contributed by atoms with Crippen LogP contribution in [0.25, 0.3) is 5.57 Å². The molecule has 1 heterocycles. The van der Waals surface area contributed by atoms with E-state index < -0.39 is 0 Å². The molecule has 0 saturated heterocycles. The normalized spacial score (nSPS) is 15.5. The van der Waals surface area contributed by atoms with Crippen LogP contribution < -0.4 is 10.2 Å². The third-order valence-corrected chi connectivity index (χ3v) is 5.86. The van der Waals surface area contributed by atoms with E-state index in [0.717, 1.165) is 19.5 Å². The van der Waals surface area contributed by atoms with Crippen molar-refractivity contribution in [2.75, 3.05) is 44.4 Å². The zero-order valence-electron chi connectivity index (χ0n) is 16.7. The van der Waals surface area contributed by atoms with Gasteiger partial charge in [-0.2, -0.15) is 0 Å². The fraction of sp³-hybridized carbons (Fsp3) is 0.304. The van der Waals surface area contributed by atoms with Crippen molar-refractivity contribution in [1.29, 1.82) is 0 Å². The van der Waals surface area contributed by atoms with Crippen LogP contribution in [-0.4, -0.2) is 39.1 Å². The van der Waals surface area contributed by atoms with Crippen molar-refractivity contribution in [1.82, 2.24) is 4.90 Å². The lowest BCUT2D eigenvalue weighted by Gasteiger charge is -2.17. The number of para-hydroxylation sites is 2. The molecule has 3 rings (SSSR count). The van der Waals surface area contributed by atoms with Crippen molar-refractivity contribution in [3.8, 4) is 0 Å². The number of allylic oxidation sites excluding steroid dienone is 3. The van der Waals surface area contributed by atoms with Crippen LogP contribution in [0.4, 0.5) is 11.4 Å². The first-order chi connectivity index (χ1) is 13.1. The topological polar surface area (TPSA) is 18.5 Å². The number of rotatable bonds is 7.